The molecular weight excluding hydrogens is 1060 g/mol. The van der Waals surface area contributed by atoms with Crippen LogP contribution in [0.15, 0.2) is 313 Å². The minimum atomic E-state index is -0.0742. The van der Waals surface area contributed by atoms with E-state index >= 15 is 0 Å². The van der Waals surface area contributed by atoms with Crippen molar-refractivity contribution in [1.82, 2.24) is 0 Å². The first kappa shape index (κ1) is 52.2. The zero-order chi connectivity index (χ0) is 54.9. The number of para-hydroxylation sites is 5. The summed E-state index contributed by atoms with van der Waals surface area (Å²) >= 11 is 20.4. The third-order valence-corrected chi connectivity index (χ3v) is 15.5. The number of furan rings is 2. The Kier molecular flexibility index (Phi) is 15.6. The summed E-state index contributed by atoms with van der Waals surface area (Å²) in [5, 5.41) is 11.7. The summed E-state index contributed by atoms with van der Waals surface area (Å²) in [6, 6.07) is 98.6. The molecule has 14 aromatic rings. The van der Waals surface area contributed by atoms with E-state index in [1.165, 1.54) is 0 Å². The molecule has 0 spiro atoms. The smallest absolute Gasteiger partial charge is 0.143 e. The fraction of sp³-hybridized carbons (Fsp3) is 0.0137. The highest BCUT2D eigenvalue weighted by Gasteiger charge is 2.27. The standard InChI is InChI=1S/C36H25ClN2O.C25H16Cl2O.C12H11N/c37-35-32(38(27-14-4-1-5-15-27)28-16-6-2-7-17-28)21-12-22-33(35)39(29-18-8-3-9-19-29)34-25-40-36-30-20-11-10-13-26(30)23-24-31(34)36;26-22-12-6-11-20(24(22)27)23(17-8-2-1-3-9-17)21-15-28-25-18-10-5-4-7-16(18)13-14-19(21)25;1-3-7-11(8-4-1)13-12-9-5-2-6-10-12/h1-25H;1-15,23H;1-10,13H. The lowest BCUT2D eigenvalue weighted by Crippen LogP contribution is -2.14. The number of hydrogen-bond donors (Lipinski definition) is 1. The molecule has 2 aromatic heterocycles. The maximum Gasteiger partial charge on any atom is 0.143 e. The Hall–Kier alpha value is -9.49. The Morgan fingerprint density at radius 1 is 0.309 bits per heavy atom. The highest BCUT2D eigenvalue weighted by atomic mass is 35.5. The third-order valence-electron chi connectivity index (χ3n) is 14.2. The number of nitrogens with one attached hydrogen (secondary N) is 1. The number of fused-ring (bicyclic) bond motifs is 6. The molecule has 0 saturated carbocycles. The van der Waals surface area contributed by atoms with Crippen LogP contribution in [-0.4, -0.2) is 0 Å². The molecule has 0 bridgehead atoms. The molecule has 12 aromatic carbocycles. The summed E-state index contributed by atoms with van der Waals surface area (Å²) in [5.74, 6) is -0.0742. The van der Waals surface area contributed by atoms with Crippen molar-refractivity contribution in [3.8, 4) is 0 Å². The van der Waals surface area contributed by atoms with Gasteiger partial charge in [0.2, 0.25) is 0 Å². The van der Waals surface area contributed by atoms with E-state index in [-0.39, 0.29) is 5.92 Å². The van der Waals surface area contributed by atoms with Gasteiger partial charge in [0.1, 0.15) is 17.4 Å². The first-order valence-electron chi connectivity index (χ1n) is 26.7. The van der Waals surface area contributed by atoms with E-state index in [0.29, 0.717) is 15.1 Å². The molecule has 392 valence electrons. The number of nitrogens with zero attached hydrogens (tertiary/aromatic N) is 2. The first-order chi connectivity index (χ1) is 40.0. The second-order valence-electron chi connectivity index (χ2n) is 19.3. The molecular formula is C73H52Cl3N3O2. The van der Waals surface area contributed by atoms with Gasteiger partial charge in [0.15, 0.2) is 0 Å². The Bertz CT molecular complexity index is 4290. The van der Waals surface area contributed by atoms with Gasteiger partial charge < -0.3 is 24.0 Å². The molecule has 8 heteroatoms. The van der Waals surface area contributed by atoms with Gasteiger partial charge in [0, 0.05) is 61.5 Å². The quantitative estimate of drug-likeness (QED) is 0.140. The van der Waals surface area contributed by atoms with E-state index in [1.807, 2.05) is 188 Å². The van der Waals surface area contributed by atoms with Crippen LogP contribution in [0.2, 0.25) is 15.1 Å². The molecule has 0 aliphatic heterocycles. The fourth-order valence-corrected chi connectivity index (χ4v) is 11.2. The minimum Gasteiger partial charge on any atom is -0.463 e. The predicted octanol–water partition coefficient (Wildman–Crippen LogP) is 22.7. The molecule has 1 unspecified atom stereocenters. The van der Waals surface area contributed by atoms with Crippen LogP contribution in [0, 0.1) is 0 Å². The van der Waals surface area contributed by atoms with E-state index in [0.717, 1.165) is 106 Å². The van der Waals surface area contributed by atoms with E-state index in [1.54, 1.807) is 0 Å². The van der Waals surface area contributed by atoms with E-state index in [9.17, 15) is 0 Å². The zero-order valence-corrected chi connectivity index (χ0v) is 46.1. The van der Waals surface area contributed by atoms with Crippen LogP contribution in [0.25, 0.3) is 43.5 Å². The van der Waals surface area contributed by atoms with Crippen LogP contribution in [0.1, 0.15) is 22.6 Å². The molecule has 5 nitrogen and oxygen atoms in total. The zero-order valence-electron chi connectivity index (χ0n) is 43.8. The summed E-state index contributed by atoms with van der Waals surface area (Å²) in [7, 11) is 0. The largest absolute Gasteiger partial charge is 0.463 e. The highest BCUT2D eigenvalue weighted by molar-refractivity contribution is 6.42. The second kappa shape index (κ2) is 24.3. The maximum absolute atomic E-state index is 7.40. The van der Waals surface area contributed by atoms with Crippen molar-refractivity contribution in [2.45, 2.75) is 5.92 Å². The van der Waals surface area contributed by atoms with E-state index in [2.05, 4.69) is 130 Å². The minimum absolute atomic E-state index is 0.0742. The molecule has 81 heavy (non-hydrogen) atoms. The van der Waals surface area contributed by atoms with Crippen LogP contribution in [0.3, 0.4) is 0 Å². The van der Waals surface area contributed by atoms with Crippen LogP contribution >= 0.6 is 34.8 Å². The monoisotopic (exact) mass is 1110 g/mol. The fourth-order valence-electron chi connectivity index (χ4n) is 10.5. The van der Waals surface area contributed by atoms with Gasteiger partial charge in [0.25, 0.3) is 0 Å². The topological polar surface area (TPSA) is 44.8 Å². The van der Waals surface area contributed by atoms with E-state index in [4.69, 9.17) is 43.6 Å². The summed E-state index contributed by atoms with van der Waals surface area (Å²) in [6.45, 7) is 0. The number of rotatable bonds is 11. The number of halogens is 3. The van der Waals surface area contributed by atoms with Gasteiger partial charge in [0.05, 0.1) is 38.4 Å². The van der Waals surface area contributed by atoms with Crippen molar-refractivity contribution in [2.75, 3.05) is 15.1 Å². The Morgan fingerprint density at radius 3 is 1.30 bits per heavy atom. The summed E-state index contributed by atoms with van der Waals surface area (Å²) in [6.07, 6.45) is 3.69. The highest BCUT2D eigenvalue weighted by Crippen LogP contribution is 2.49. The summed E-state index contributed by atoms with van der Waals surface area (Å²) < 4.78 is 12.3. The molecule has 0 aliphatic carbocycles. The number of hydrogen-bond acceptors (Lipinski definition) is 5. The lowest BCUT2D eigenvalue weighted by Gasteiger charge is -2.30. The predicted molar refractivity (Wildman–Crippen MR) is 342 cm³/mol. The van der Waals surface area contributed by atoms with Crippen LogP contribution in [-0.2, 0) is 0 Å². The SMILES string of the molecule is Clc1c(N(c2ccccc2)c2ccccc2)cccc1N(c1ccccc1)c1coc2c1ccc1ccccc12.Clc1cccc(C(c2ccccc2)c2coc3c2ccc2ccccc23)c1Cl.c1ccc(Nc2ccccc2)cc1. The van der Waals surface area contributed by atoms with Crippen LogP contribution in [0.4, 0.5) is 45.5 Å². The summed E-state index contributed by atoms with van der Waals surface area (Å²) in [4.78, 5) is 4.37. The van der Waals surface area contributed by atoms with Crippen molar-refractivity contribution < 1.29 is 8.83 Å². The normalized spacial score (nSPS) is 11.3. The van der Waals surface area contributed by atoms with Gasteiger partial charge in [-0.3, -0.25) is 0 Å². The number of anilines is 8. The van der Waals surface area contributed by atoms with Crippen LogP contribution in [0.5, 0.6) is 0 Å². The molecule has 14 rings (SSSR count). The molecule has 0 amide bonds. The average molecular weight is 1110 g/mol. The third kappa shape index (κ3) is 11.1. The van der Waals surface area contributed by atoms with Crippen molar-refractivity contribution in [1.29, 1.82) is 0 Å². The molecule has 2 heterocycles. The van der Waals surface area contributed by atoms with Gasteiger partial charge in [-0.05, 0) is 107 Å². The Balaban J connectivity index is 0.000000137. The first-order valence-corrected chi connectivity index (χ1v) is 27.8. The second-order valence-corrected chi connectivity index (χ2v) is 20.4. The average Bonchev–Trinajstić information content (AvgIpc) is 4.24. The molecule has 0 radical (unpaired) electrons. The number of benzene rings is 12. The molecule has 0 fully saturated rings. The van der Waals surface area contributed by atoms with Crippen molar-refractivity contribution in [3.63, 3.8) is 0 Å². The van der Waals surface area contributed by atoms with Gasteiger partial charge >= 0.3 is 0 Å². The molecule has 1 atom stereocenters. The lowest BCUT2D eigenvalue weighted by molar-refractivity contribution is 0.612. The van der Waals surface area contributed by atoms with Crippen molar-refractivity contribution in [3.05, 3.63) is 335 Å². The van der Waals surface area contributed by atoms with Gasteiger partial charge in [-0.2, -0.15) is 0 Å². The Labute approximate surface area is 486 Å². The molecule has 0 aliphatic rings. The molecule has 0 saturated heterocycles. The Morgan fingerprint density at radius 2 is 0.741 bits per heavy atom. The van der Waals surface area contributed by atoms with Gasteiger partial charge in [-0.25, -0.2) is 0 Å². The van der Waals surface area contributed by atoms with Crippen LogP contribution < -0.4 is 15.1 Å². The van der Waals surface area contributed by atoms with E-state index < -0.39 is 0 Å². The molecule has 1 N–H and O–H groups in total. The van der Waals surface area contributed by atoms with Crippen molar-refractivity contribution in [2.24, 2.45) is 0 Å². The maximum atomic E-state index is 7.40. The lowest BCUT2D eigenvalue weighted by atomic mass is 9.84. The van der Waals surface area contributed by atoms with Gasteiger partial charge in [-0.1, -0.05) is 241 Å². The van der Waals surface area contributed by atoms with Crippen molar-refractivity contribution >= 4 is 124 Å². The summed E-state index contributed by atoms with van der Waals surface area (Å²) in [5.41, 5.74) is 12.9. The van der Waals surface area contributed by atoms with Gasteiger partial charge in [-0.15, -0.1) is 0 Å².